The van der Waals surface area contributed by atoms with E-state index in [4.69, 9.17) is 4.74 Å². The maximum atomic E-state index is 10.9. The highest BCUT2D eigenvalue weighted by Crippen LogP contribution is 2.24. The number of para-hydroxylation sites is 1. The zero-order valence-corrected chi connectivity index (χ0v) is 9.53. The lowest BCUT2D eigenvalue weighted by molar-refractivity contribution is 0.111. The van der Waals surface area contributed by atoms with Gasteiger partial charge in [-0.15, -0.1) is 6.58 Å². The minimum absolute atomic E-state index is 0.426. The number of carbonyl (C=O) groups is 1. The molecule has 0 heterocycles. The van der Waals surface area contributed by atoms with Crippen LogP contribution in [0.5, 0.6) is 5.75 Å². The van der Waals surface area contributed by atoms with Crippen molar-refractivity contribution >= 4 is 6.29 Å². The van der Waals surface area contributed by atoms with E-state index in [-0.39, 0.29) is 0 Å². The molecule has 0 N–H and O–H groups in total. The lowest BCUT2D eigenvalue weighted by Crippen LogP contribution is -2.03. The Kier molecular flexibility index (Phi) is 4.52. The SMILES string of the molecule is C=CCc1cccc(C=O)c1OCC(=C)C. The van der Waals surface area contributed by atoms with Gasteiger partial charge in [0.2, 0.25) is 0 Å². The fraction of sp³-hybridized carbons (Fsp3) is 0.214. The zero-order valence-electron chi connectivity index (χ0n) is 9.53. The summed E-state index contributed by atoms with van der Waals surface area (Å²) >= 11 is 0. The van der Waals surface area contributed by atoms with Crippen LogP contribution in [0.3, 0.4) is 0 Å². The third-order valence-electron chi connectivity index (χ3n) is 2.08. The first kappa shape index (κ1) is 12.2. The Morgan fingerprint density at radius 3 is 2.81 bits per heavy atom. The first-order valence-electron chi connectivity index (χ1n) is 5.14. The fourth-order valence-corrected chi connectivity index (χ4v) is 1.39. The minimum atomic E-state index is 0.426. The van der Waals surface area contributed by atoms with Gasteiger partial charge in [-0.2, -0.15) is 0 Å². The molecule has 0 fully saturated rings. The van der Waals surface area contributed by atoms with E-state index in [1.165, 1.54) is 0 Å². The number of hydrogen-bond acceptors (Lipinski definition) is 2. The van der Waals surface area contributed by atoms with Crippen LogP contribution < -0.4 is 4.74 Å². The van der Waals surface area contributed by atoms with Crippen LogP contribution in [-0.2, 0) is 6.42 Å². The molecule has 0 aliphatic heterocycles. The maximum Gasteiger partial charge on any atom is 0.153 e. The second-order valence-electron chi connectivity index (χ2n) is 3.69. The Bertz CT molecular complexity index is 405. The van der Waals surface area contributed by atoms with Gasteiger partial charge in [0, 0.05) is 0 Å². The largest absolute Gasteiger partial charge is 0.488 e. The molecule has 0 amide bonds. The fourth-order valence-electron chi connectivity index (χ4n) is 1.39. The van der Waals surface area contributed by atoms with Crippen LogP contribution in [0.4, 0.5) is 0 Å². The van der Waals surface area contributed by atoms with Crippen LogP contribution in [0, 0.1) is 0 Å². The molecular formula is C14H16O2. The van der Waals surface area contributed by atoms with Crippen LogP contribution in [0.15, 0.2) is 43.0 Å². The predicted molar refractivity (Wildman–Crippen MR) is 66.0 cm³/mol. The summed E-state index contributed by atoms with van der Waals surface area (Å²) < 4.78 is 5.59. The lowest BCUT2D eigenvalue weighted by atomic mass is 10.1. The van der Waals surface area contributed by atoms with Gasteiger partial charge in [0.1, 0.15) is 12.4 Å². The smallest absolute Gasteiger partial charge is 0.153 e. The van der Waals surface area contributed by atoms with Gasteiger partial charge in [-0.25, -0.2) is 0 Å². The maximum absolute atomic E-state index is 10.9. The van der Waals surface area contributed by atoms with E-state index in [1.807, 2.05) is 19.1 Å². The number of benzene rings is 1. The highest BCUT2D eigenvalue weighted by Gasteiger charge is 2.08. The highest BCUT2D eigenvalue weighted by molar-refractivity contribution is 5.80. The lowest BCUT2D eigenvalue weighted by Gasteiger charge is -2.12. The molecule has 2 heteroatoms. The third kappa shape index (κ3) is 3.09. The Morgan fingerprint density at radius 1 is 1.50 bits per heavy atom. The number of carbonyl (C=O) groups excluding carboxylic acids is 1. The van der Waals surface area contributed by atoms with Crippen LogP contribution >= 0.6 is 0 Å². The third-order valence-corrected chi connectivity index (χ3v) is 2.08. The summed E-state index contributed by atoms with van der Waals surface area (Å²) in [5.41, 5.74) is 2.46. The average molecular weight is 216 g/mol. The van der Waals surface area contributed by atoms with Gasteiger partial charge in [-0.3, -0.25) is 4.79 Å². The Morgan fingerprint density at radius 2 is 2.25 bits per heavy atom. The van der Waals surface area contributed by atoms with Crippen molar-refractivity contribution in [3.05, 3.63) is 54.1 Å². The molecular weight excluding hydrogens is 200 g/mol. The van der Waals surface area contributed by atoms with E-state index in [0.29, 0.717) is 24.3 Å². The molecule has 0 saturated carbocycles. The molecule has 16 heavy (non-hydrogen) atoms. The van der Waals surface area contributed by atoms with Crippen LogP contribution in [0.1, 0.15) is 22.8 Å². The van der Waals surface area contributed by atoms with Gasteiger partial charge in [-0.1, -0.05) is 24.8 Å². The summed E-state index contributed by atoms with van der Waals surface area (Å²) in [5.74, 6) is 0.639. The van der Waals surface area contributed by atoms with Crippen LogP contribution in [0.2, 0.25) is 0 Å². The molecule has 1 aromatic rings. The van der Waals surface area contributed by atoms with Crippen molar-refractivity contribution in [2.24, 2.45) is 0 Å². The molecule has 0 atom stereocenters. The number of ether oxygens (including phenoxy) is 1. The van der Waals surface area contributed by atoms with Crippen LogP contribution in [0.25, 0.3) is 0 Å². The van der Waals surface area contributed by atoms with Gasteiger partial charge in [0.25, 0.3) is 0 Å². The first-order valence-corrected chi connectivity index (χ1v) is 5.14. The van der Waals surface area contributed by atoms with Gasteiger partial charge in [0.15, 0.2) is 6.29 Å². The Hall–Kier alpha value is -1.83. The predicted octanol–water partition coefficient (Wildman–Crippen LogP) is 3.18. The van der Waals surface area contributed by atoms with E-state index in [0.717, 1.165) is 17.4 Å². The monoisotopic (exact) mass is 216 g/mol. The molecule has 2 nitrogen and oxygen atoms in total. The van der Waals surface area contributed by atoms with Gasteiger partial charge in [-0.05, 0) is 30.5 Å². The van der Waals surface area contributed by atoms with Crippen molar-refractivity contribution < 1.29 is 9.53 Å². The number of rotatable bonds is 6. The Labute approximate surface area is 96.2 Å². The topological polar surface area (TPSA) is 26.3 Å². The van der Waals surface area contributed by atoms with Crippen molar-refractivity contribution in [1.82, 2.24) is 0 Å². The summed E-state index contributed by atoms with van der Waals surface area (Å²) in [7, 11) is 0. The van der Waals surface area contributed by atoms with E-state index in [9.17, 15) is 4.79 Å². The second-order valence-corrected chi connectivity index (χ2v) is 3.69. The van der Waals surface area contributed by atoms with Crippen molar-refractivity contribution in [2.45, 2.75) is 13.3 Å². The number of hydrogen-bond donors (Lipinski definition) is 0. The van der Waals surface area contributed by atoms with E-state index in [2.05, 4.69) is 13.2 Å². The van der Waals surface area contributed by atoms with E-state index < -0.39 is 0 Å². The van der Waals surface area contributed by atoms with Gasteiger partial charge in [0.05, 0.1) is 5.56 Å². The molecule has 1 aromatic carbocycles. The van der Waals surface area contributed by atoms with Crippen molar-refractivity contribution in [3.63, 3.8) is 0 Å². The normalized spacial score (nSPS) is 9.56. The van der Waals surface area contributed by atoms with Crippen molar-refractivity contribution in [1.29, 1.82) is 0 Å². The first-order chi connectivity index (χ1) is 7.69. The van der Waals surface area contributed by atoms with Crippen molar-refractivity contribution in [2.75, 3.05) is 6.61 Å². The average Bonchev–Trinajstić information content (AvgIpc) is 2.27. The van der Waals surface area contributed by atoms with E-state index in [1.54, 1.807) is 12.1 Å². The minimum Gasteiger partial charge on any atom is -0.488 e. The molecule has 1 rings (SSSR count). The summed E-state index contributed by atoms with van der Waals surface area (Å²) in [6.45, 7) is 9.77. The van der Waals surface area contributed by atoms with Crippen LogP contribution in [-0.4, -0.2) is 12.9 Å². The summed E-state index contributed by atoms with van der Waals surface area (Å²) in [5, 5.41) is 0. The van der Waals surface area contributed by atoms with Gasteiger partial charge >= 0.3 is 0 Å². The quantitative estimate of drug-likeness (QED) is 0.539. The molecule has 84 valence electrons. The molecule has 0 bridgehead atoms. The molecule has 0 aliphatic carbocycles. The molecule has 0 unspecified atom stereocenters. The summed E-state index contributed by atoms with van der Waals surface area (Å²) in [4.78, 5) is 10.9. The molecule has 0 aliphatic rings. The zero-order chi connectivity index (χ0) is 12.0. The van der Waals surface area contributed by atoms with E-state index >= 15 is 0 Å². The molecule has 0 aromatic heterocycles. The molecule has 0 radical (unpaired) electrons. The molecule has 0 spiro atoms. The molecule has 0 saturated heterocycles. The Balaban J connectivity index is 3.03. The summed E-state index contributed by atoms with van der Waals surface area (Å²) in [6, 6.07) is 5.52. The second kappa shape index (κ2) is 5.91. The number of aldehydes is 1. The number of allylic oxidation sites excluding steroid dienone is 1. The standard InChI is InChI=1S/C14H16O2/c1-4-6-12-7-5-8-13(9-15)14(12)16-10-11(2)3/h4-5,7-9H,1-2,6,10H2,3H3. The highest BCUT2D eigenvalue weighted by atomic mass is 16.5. The van der Waals surface area contributed by atoms with Gasteiger partial charge < -0.3 is 4.74 Å². The van der Waals surface area contributed by atoms with Crippen molar-refractivity contribution in [3.8, 4) is 5.75 Å². The summed E-state index contributed by atoms with van der Waals surface area (Å²) in [6.07, 6.45) is 3.28.